The smallest absolute Gasteiger partial charge is 0.235 e. The van der Waals surface area contributed by atoms with Gasteiger partial charge in [-0.2, -0.15) is 9.61 Å². The van der Waals surface area contributed by atoms with Gasteiger partial charge in [-0.1, -0.05) is 18.3 Å². The Morgan fingerprint density at radius 3 is 2.78 bits per heavy atom. The highest BCUT2D eigenvalue weighted by atomic mass is 32.1. The molecule has 2 N–H and O–H groups in total. The summed E-state index contributed by atoms with van der Waals surface area (Å²) in [6.45, 7) is 4.49. The molecule has 8 heteroatoms. The Morgan fingerprint density at radius 1 is 1.28 bits per heavy atom. The molecule has 0 fully saturated rings. The van der Waals surface area contributed by atoms with Gasteiger partial charge in [-0.3, -0.25) is 0 Å². The maximum atomic E-state index is 5.61. The molecular formula is C10H12N6S2. The van der Waals surface area contributed by atoms with E-state index in [-0.39, 0.29) is 0 Å². The maximum Gasteiger partial charge on any atom is 0.235 e. The molecule has 0 aliphatic carbocycles. The Bertz CT molecular complexity index is 694. The maximum absolute atomic E-state index is 5.61. The number of hydrogen-bond donors (Lipinski definition) is 1. The summed E-state index contributed by atoms with van der Waals surface area (Å²) < 4.78 is 1.81. The summed E-state index contributed by atoms with van der Waals surface area (Å²) in [5.41, 5.74) is 6.59. The lowest BCUT2D eigenvalue weighted by atomic mass is 10.4. The van der Waals surface area contributed by atoms with E-state index < -0.39 is 0 Å². The molecule has 0 aliphatic rings. The number of rotatable bonds is 3. The largest absolute Gasteiger partial charge is 0.325 e. The van der Waals surface area contributed by atoms with Crippen LogP contribution in [0.25, 0.3) is 14.8 Å². The average Bonchev–Trinajstić information content (AvgIpc) is 3.01. The van der Waals surface area contributed by atoms with Crippen molar-refractivity contribution in [1.29, 1.82) is 0 Å². The lowest BCUT2D eigenvalue weighted by Gasteiger charge is -1.90. The Hall–Kier alpha value is -1.38. The fourth-order valence-corrected chi connectivity index (χ4v) is 3.63. The van der Waals surface area contributed by atoms with Crippen LogP contribution in [0.2, 0.25) is 0 Å². The van der Waals surface area contributed by atoms with Gasteiger partial charge >= 0.3 is 0 Å². The van der Waals surface area contributed by atoms with Crippen molar-refractivity contribution < 1.29 is 0 Å². The third-order valence-corrected chi connectivity index (χ3v) is 4.81. The molecule has 0 unspecified atom stereocenters. The minimum absolute atomic E-state index is 0.468. The number of nitrogens with two attached hydrogens (primary N) is 1. The van der Waals surface area contributed by atoms with Crippen molar-refractivity contribution in [2.75, 3.05) is 0 Å². The van der Waals surface area contributed by atoms with Gasteiger partial charge in [-0.25, -0.2) is 4.98 Å². The Labute approximate surface area is 112 Å². The third-order valence-electron chi connectivity index (χ3n) is 2.58. The molecule has 0 radical (unpaired) electrons. The van der Waals surface area contributed by atoms with E-state index in [1.165, 1.54) is 11.3 Å². The number of aromatic nitrogens is 5. The Balaban J connectivity index is 2.13. The first kappa shape index (κ1) is 11.7. The minimum atomic E-state index is 0.468. The van der Waals surface area contributed by atoms with Gasteiger partial charge in [0.2, 0.25) is 4.96 Å². The summed E-state index contributed by atoms with van der Waals surface area (Å²) in [5.74, 6) is 0.883. The predicted molar refractivity (Wildman–Crippen MR) is 71.8 cm³/mol. The van der Waals surface area contributed by atoms with Gasteiger partial charge in [0.15, 0.2) is 10.8 Å². The van der Waals surface area contributed by atoms with Crippen LogP contribution in [0.4, 0.5) is 0 Å². The summed E-state index contributed by atoms with van der Waals surface area (Å²) in [7, 11) is 0. The molecular weight excluding hydrogens is 268 g/mol. The second-order valence-corrected chi connectivity index (χ2v) is 5.84. The number of thiazole rings is 1. The predicted octanol–water partition coefficient (Wildman–Crippen LogP) is 1.64. The van der Waals surface area contributed by atoms with Gasteiger partial charge in [-0.05, 0) is 6.92 Å². The first-order chi connectivity index (χ1) is 8.72. The van der Waals surface area contributed by atoms with Crippen LogP contribution in [0.15, 0.2) is 0 Å². The van der Waals surface area contributed by atoms with Crippen molar-refractivity contribution in [3.8, 4) is 9.88 Å². The van der Waals surface area contributed by atoms with Gasteiger partial charge < -0.3 is 5.73 Å². The molecule has 6 nitrogen and oxygen atoms in total. The monoisotopic (exact) mass is 280 g/mol. The van der Waals surface area contributed by atoms with Crippen LogP contribution < -0.4 is 5.73 Å². The molecule has 0 saturated carbocycles. The van der Waals surface area contributed by atoms with Crippen LogP contribution in [0.1, 0.15) is 23.4 Å². The second kappa shape index (κ2) is 4.38. The van der Waals surface area contributed by atoms with Crippen molar-refractivity contribution in [3.05, 3.63) is 16.5 Å². The van der Waals surface area contributed by atoms with Crippen molar-refractivity contribution in [2.24, 2.45) is 5.73 Å². The van der Waals surface area contributed by atoms with Crippen LogP contribution in [0, 0.1) is 6.92 Å². The van der Waals surface area contributed by atoms with Crippen molar-refractivity contribution in [2.45, 2.75) is 26.8 Å². The molecule has 3 aromatic rings. The molecule has 3 heterocycles. The molecule has 3 aromatic heterocycles. The van der Waals surface area contributed by atoms with Crippen LogP contribution in [0.5, 0.6) is 0 Å². The highest BCUT2D eigenvalue weighted by Crippen LogP contribution is 2.32. The molecule has 0 bridgehead atoms. The van der Waals surface area contributed by atoms with Crippen molar-refractivity contribution in [1.82, 2.24) is 24.8 Å². The minimum Gasteiger partial charge on any atom is -0.325 e. The van der Waals surface area contributed by atoms with E-state index in [0.29, 0.717) is 6.54 Å². The van der Waals surface area contributed by atoms with E-state index in [4.69, 9.17) is 5.73 Å². The normalized spacial score (nSPS) is 11.5. The number of nitrogens with zero attached hydrogens (tertiary/aromatic N) is 5. The summed E-state index contributed by atoms with van der Waals surface area (Å²) in [6, 6.07) is 0. The highest BCUT2D eigenvalue weighted by molar-refractivity contribution is 7.24. The number of hydrogen-bond acceptors (Lipinski definition) is 7. The van der Waals surface area contributed by atoms with Crippen molar-refractivity contribution in [3.63, 3.8) is 0 Å². The van der Waals surface area contributed by atoms with Gasteiger partial charge in [0.1, 0.15) is 5.01 Å². The van der Waals surface area contributed by atoms with E-state index in [1.807, 2.05) is 13.8 Å². The standard InChI is InChI=1S/C10H12N6S2/c1-3-6-13-14-10-16(6)15-9(18-10)8-5(2)12-7(4-11)17-8/h3-4,11H2,1-2H3. The molecule has 94 valence electrons. The second-order valence-electron chi connectivity index (χ2n) is 3.80. The fraction of sp³-hybridized carbons (Fsp3) is 0.400. The van der Waals surface area contributed by atoms with Crippen LogP contribution >= 0.6 is 22.7 Å². The van der Waals surface area contributed by atoms with Gasteiger partial charge in [-0.15, -0.1) is 21.5 Å². The third kappa shape index (κ3) is 1.73. The molecule has 0 atom stereocenters. The molecule has 18 heavy (non-hydrogen) atoms. The van der Waals surface area contributed by atoms with Gasteiger partial charge in [0.05, 0.1) is 10.6 Å². The van der Waals surface area contributed by atoms with Gasteiger partial charge in [0, 0.05) is 13.0 Å². The first-order valence-corrected chi connectivity index (χ1v) is 7.24. The topological polar surface area (TPSA) is 82.0 Å². The lowest BCUT2D eigenvalue weighted by molar-refractivity contribution is 0.838. The molecule has 0 spiro atoms. The van der Waals surface area contributed by atoms with Crippen LogP contribution in [-0.4, -0.2) is 24.8 Å². The van der Waals surface area contributed by atoms with Gasteiger partial charge in [0.25, 0.3) is 0 Å². The summed E-state index contributed by atoms with van der Waals surface area (Å²) in [4.78, 5) is 6.32. The molecule has 0 amide bonds. The molecule has 0 saturated heterocycles. The van der Waals surface area contributed by atoms with E-state index in [1.54, 1.807) is 15.9 Å². The SMILES string of the molecule is CCc1nnc2sc(-c3sc(CN)nc3C)nn12. The summed E-state index contributed by atoms with van der Waals surface area (Å²) >= 11 is 3.13. The summed E-state index contributed by atoms with van der Waals surface area (Å²) in [5, 5.41) is 14.6. The zero-order valence-electron chi connectivity index (χ0n) is 10.0. The Kier molecular flexibility index (Phi) is 2.84. The first-order valence-electron chi connectivity index (χ1n) is 5.60. The summed E-state index contributed by atoms with van der Waals surface area (Å²) in [6.07, 6.45) is 0.820. The zero-order chi connectivity index (χ0) is 12.7. The number of aryl methyl sites for hydroxylation is 2. The molecule has 3 rings (SSSR count). The zero-order valence-corrected chi connectivity index (χ0v) is 11.7. The van der Waals surface area contributed by atoms with Crippen LogP contribution in [0.3, 0.4) is 0 Å². The highest BCUT2D eigenvalue weighted by Gasteiger charge is 2.16. The number of fused-ring (bicyclic) bond motifs is 1. The van der Waals surface area contributed by atoms with Crippen LogP contribution in [-0.2, 0) is 13.0 Å². The lowest BCUT2D eigenvalue weighted by Crippen LogP contribution is -1.94. The fourth-order valence-electron chi connectivity index (χ4n) is 1.71. The average molecular weight is 280 g/mol. The van der Waals surface area contributed by atoms with Crippen molar-refractivity contribution >= 4 is 27.6 Å². The van der Waals surface area contributed by atoms with E-state index in [2.05, 4.69) is 20.3 Å². The molecule has 0 aliphatic heterocycles. The molecule has 0 aromatic carbocycles. The van der Waals surface area contributed by atoms with E-state index >= 15 is 0 Å². The Morgan fingerprint density at radius 2 is 2.11 bits per heavy atom. The van der Waals surface area contributed by atoms with E-state index in [0.717, 1.165) is 37.8 Å². The van der Waals surface area contributed by atoms with E-state index in [9.17, 15) is 0 Å². The quantitative estimate of drug-likeness (QED) is 0.788.